The molecule has 0 aliphatic heterocycles. The van der Waals surface area contributed by atoms with Crippen LogP contribution in [0.1, 0.15) is 18.9 Å². The summed E-state index contributed by atoms with van der Waals surface area (Å²) < 4.78 is 0. The van der Waals surface area contributed by atoms with Crippen molar-refractivity contribution in [3.05, 3.63) is 48.2 Å². The van der Waals surface area contributed by atoms with Crippen molar-refractivity contribution in [3.8, 4) is 17.1 Å². The van der Waals surface area contributed by atoms with E-state index in [-0.39, 0.29) is 5.88 Å². The molecular formula is C20H24N4O. The molecule has 5 heteroatoms. The fraction of sp³-hybridized carbons (Fsp3) is 0.300. The maximum Gasteiger partial charge on any atom is 0.199 e. The second-order valence-corrected chi connectivity index (χ2v) is 6.74. The van der Waals surface area contributed by atoms with E-state index in [4.69, 9.17) is 5.41 Å². The molecule has 25 heavy (non-hydrogen) atoms. The van der Waals surface area contributed by atoms with Gasteiger partial charge in [-0.15, -0.1) is 0 Å². The standard InChI is InChI=1S/C20H24N4O/c1-13(24(2)3)10-15(21)11-14-8-9-18(22-12-14)19-16-6-4-5-7-17(16)23-20(19)25/h4-9,12-13,21,23,25H,10-11H2,1-3H3. The molecular weight excluding hydrogens is 312 g/mol. The minimum atomic E-state index is 0.133. The van der Waals surface area contributed by atoms with Crippen LogP contribution < -0.4 is 0 Å². The lowest BCUT2D eigenvalue weighted by Crippen LogP contribution is -2.27. The van der Waals surface area contributed by atoms with Crippen LogP contribution >= 0.6 is 0 Å². The molecule has 130 valence electrons. The van der Waals surface area contributed by atoms with Crippen molar-refractivity contribution < 1.29 is 5.11 Å². The molecule has 1 atom stereocenters. The molecule has 0 amide bonds. The molecule has 0 fully saturated rings. The third kappa shape index (κ3) is 3.72. The Morgan fingerprint density at radius 2 is 2.00 bits per heavy atom. The maximum atomic E-state index is 10.2. The van der Waals surface area contributed by atoms with E-state index in [1.54, 1.807) is 6.20 Å². The molecule has 0 bridgehead atoms. The molecule has 1 unspecified atom stereocenters. The zero-order valence-electron chi connectivity index (χ0n) is 14.9. The van der Waals surface area contributed by atoms with Crippen LogP contribution in [0.2, 0.25) is 0 Å². The summed E-state index contributed by atoms with van der Waals surface area (Å²) in [7, 11) is 4.06. The topological polar surface area (TPSA) is 76.0 Å². The highest BCUT2D eigenvalue weighted by molar-refractivity contribution is 5.98. The number of rotatable bonds is 6. The van der Waals surface area contributed by atoms with Crippen LogP contribution in [-0.2, 0) is 6.42 Å². The third-order valence-electron chi connectivity index (χ3n) is 4.61. The molecule has 0 aliphatic rings. The van der Waals surface area contributed by atoms with Crippen LogP contribution in [0.5, 0.6) is 5.88 Å². The molecule has 2 heterocycles. The summed E-state index contributed by atoms with van der Waals surface area (Å²) in [5, 5.41) is 19.4. The number of nitrogens with one attached hydrogen (secondary N) is 2. The molecule has 2 aromatic heterocycles. The fourth-order valence-corrected chi connectivity index (χ4v) is 2.92. The fourth-order valence-electron chi connectivity index (χ4n) is 2.92. The van der Waals surface area contributed by atoms with Gasteiger partial charge >= 0.3 is 0 Å². The Balaban J connectivity index is 1.78. The van der Waals surface area contributed by atoms with E-state index in [0.717, 1.165) is 34.1 Å². The average Bonchev–Trinajstić information content (AvgIpc) is 2.91. The van der Waals surface area contributed by atoms with Gasteiger partial charge in [0, 0.05) is 41.7 Å². The van der Waals surface area contributed by atoms with Gasteiger partial charge in [-0.1, -0.05) is 24.3 Å². The summed E-state index contributed by atoms with van der Waals surface area (Å²) in [5.41, 5.74) is 4.05. The van der Waals surface area contributed by atoms with Crippen LogP contribution in [0.4, 0.5) is 0 Å². The molecule has 3 rings (SSSR count). The molecule has 1 aromatic carbocycles. The van der Waals surface area contributed by atoms with Crippen LogP contribution in [-0.4, -0.2) is 45.8 Å². The van der Waals surface area contributed by atoms with Gasteiger partial charge in [-0.2, -0.15) is 0 Å². The number of fused-ring (bicyclic) bond motifs is 1. The highest BCUT2D eigenvalue weighted by atomic mass is 16.3. The first-order valence-corrected chi connectivity index (χ1v) is 8.43. The van der Waals surface area contributed by atoms with Crippen molar-refractivity contribution in [1.82, 2.24) is 14.9 Å². The second kappa shape index (κ2) is 7.07. The van der Waals surface area contributed by atoms with E-state index in [1.807, 2.05) is 50.5 Å². The van der Waals surface area contributed by atoms with Crippen LogP contribution in [0.3, 0.4) is 0 Å². The van der Waals surface area contributed by atoms with Gasteiger partial charge < -0.3 is 20.4 Å². The molecule has 5 nitrogen and oxygen atoms in total. The molecule has 3 N–H and O–H groups in total. The lowest BCUT2D eigenvalue weighted by molar-refractivity contribution is 0.320. The van der Waals surface area contributed by atoms with Gasteiger partial charge in [-0.05, 0) is 38.7 Å². The summed E-state index contributed by atoms with van der Waals surface area (Å²) >= 11 is 0. The van der Waals surface area contributed by atoms with Gasteiger partial charge in [0.25, 0.3) is 0 Å². The average molecular weight is 336 g/mol. The van der Waals surface area contributed by atoms with Crippen LogP contribution in [0.25, 0.3) is 22.2 Å². The van der Waals surface area contributed by atoms with Gasteiger partial charge in [0.2, 0.25) is 0 Å². The van der Waals surface area contributed by atoms with Gasteiger partial charge in [0.15, 0.2) is 5.88 Å². The number of aromatic amines is 1. The minimum Gasteiger partial charge on any atom is -0.494 e. The summed E-state index contributed by atoms with van der Waals surface area (Å²) in [4.78, 5) is 9.61. The molecule has 0 spiro atoms. The van der Waals surface area contributed by atoms with Gasteiger partial charge in [-0.25, -0.2) is 0 Å². The van der Waals surface area contributed by atoms with E-state index in [1.165, 1.54) is 0 Å². The van der Waals surface area contributed by atoms with Crippen LogP contribution in [0, 0.1) is 5.41 Å². The number of hydrogen-bond acceptors (Lipinski definition) is 4. The Morgan fingerprint density at radius 3 is 2.68 bits per heavy atom. The monoisotopic (exact) mass is 336 g/mol. The molecule has 0 radical (unpaired) electrons. The molecule has 0 saturated heterocycles. The number of para-hydroxylation sites is 1. The predicted molar refractivity (Wildman–Crippen MR) is 102 cm³/mol. The molecule has 0 aliphatic carbocycles. The Hall–Kier alpha value is -2.66. The lowest BCUT2D eigenvalue weighted by atomic mass is 10.0. The van der Waals surface area contributed by atoms with Gasteiger partial charge in [0.1, 0.15) is 0 Å². The van der Waals surface area contributed by atoms with Gasteiger partial charge in [0.05, 0.1) is 11.3 Å². The highest BCUT2D eigenvalue weighted by Gasteiger charge is 2.14. The van der Waals surface area contributed by atoms with Crippen molar-refractivity contribution in [2.45, 2.75) is 25.8 Å². The Bertz CT molecular complexity index is 880. The van der Waals surface area contributed by atoms with E-state index < -0.39 is 0 Å². The summed E-state index contributed by atoms with van der Waals surface area (Å²) in [6.07, 6.45) is 3.15. The van der Waals surface area contributed by atoms with Crippen molar-refractivity contribution in [3.63, 3.8) is 0 Å². The Labute approximate surface area is 147 Å². The smallest absolute Gasteiger partial charge is 0.199 e. The summed E-state index contributed by atoms with van der Waals surface area (Å²) in [6, 6.07) is 12.0. The highest BCUT2D eigenvalue weighted by Crippen LogP contribution is 2.35. The predicted octanol–water partition coefficient (Wildman–Crippen LogP) is 3.84. The lowest BCUT2D eigenvalue weighted by Gasteiger charge is -2.19. The number of benzene rings is 1. The van der Waals surface area contributed by atoms with Crippen molar-refractivity contribution in [1.29, 1.82) is 5.41 Å². The Morgan fingerprint density at radius 1 is 1.24 bits per heavy atom. The number of hydrogen-bond donors (Lipinski definition) is 3. The number of pyridine rings is 1. The van der Waals surface area contributed by atoms with Crippen molar-refractivity contribution in [2.75, 3.05) is 14.1 Å². The van der Waals surface area contributed by atoms with E-state index in [0.29, 0.717) is 18.2 Å². The van der Waals surface area contributed by atoms with E-state index >= 15 is 0 Å². The van der Waals surface area contributed by atoms with E-state index in [2.05, 4.69) is 21.8 Å². The Kier molecular flexibility index (Phi) is 4.86. The van der Waals surface area contributed by atoms with Crippen molar-refractivity contribution in [2.24, 2.45) is 0 Å². The number of nitrogens with zero attached hydrogens (tertiary/aromatic N) is 2. The zero-order valence-corrected chi connectivity index (χ0v) is 14.9. The first-order chi connectivity index (χ1) is 12.0. The first kappa shape index (κ1) is 17.2. The number of H-pyrrole nitrogens is 1. The SMILES string of the molecule is CC(CC(=N)Cc1ccc(-c2c(O)[nH]c3ccccc23)nc1)N(C)C. The molecule has 3 aromatic rings. The maximum absolute atomic E-state index is 10.2. The van der Waals surface area contributed by atoms with E-state index in [9.17, 15) is 5.11 Å². The van der Waals surface area contributed by atoms with Crippen LogP contribution in [0.15, 0.2) is 42.6 Å². The van der Waals surface area contributed by atoms with Crippen molar-refractivity contribution >= 4 is 16.6 Å². The normalized spacial score (nSPS) is 12.6. The molecule has 0 saturated carbocycles. The summed E-state index contributed by atoms with van der Waals surface area (Å²) in [5.74, 6) is 0.133. The van der Waals surface area contributed by atoms with Gasteiger partial charge in [-0.3, -0.25) is 4.98 Å². The first-order valence-electron chi connectivity index (χ1n) is 8.43. The quantitative estimate of drug-likeness (QED) is 0.599. The zero-order chi connectivity index (χ0) is 18.0. The number of aromatic nitrogens is 2. The minimum absolute atomic E-state index is 0.133. The summed E-state index contributed by atoms with van der Waals surface area (Å²) in [6.45, 7) is 2.12. The third-order valence-corrected chi connectivity index (χ3v) is 4.61. The number of aromatic hydroxyl groups is 1. The largest absolute Gasteiger partial charge is 0.494 e. The second-order valence-electron chi connectivity index (χ2n) is 6.74.